The predicted octanol–water partition coefficient (Wildman–Crippen LogP) is 5.48. The third kappa shape index (κ3) is 5.16. The highest BCUT2D eigenvalue weighted by molar-refractivity contribution is 7.89. The quantitative estimate of drug-likeness (QED) is 0.330. The molecule has 0 unspecified atom stereocenters. The zero-order chi connectivity index (χ0) is 26.8. The van der Waals surface area contributed by atoms with Crippen LogP contribution in [0.2, 0.25) is 0 Å². The van der Waals surface area contributed by atoms with Gasteiger partial charge in [-0.05, 0) is 66.2 Å². The van der Waals surface area contributed by atoms with Crippen LogP contribution in [0.15, 0.2) is 108 Å². The van der Waals surface area contributed by atoms with Gasteiger partial charge in [0.05, 0.1) is 4.90 Å². The summed E-state index contributed by atoms with van der Waals surface area (Å²) in [5.41, 5.74) is 4.34. The van der Waals surface area contributed by atoms with Crippen LogP contribution in [0.5, 0.6) is 11.5 Å². The number of carbonyl (C=O) groups excluding carboxylic acids is 1. The molecule has 2 aliphatic rings. The maximum absolute atomic E-state index is 13.3. The summed E-state index contributed by atoms with van der Waals surface area (Å²) in [6, 6.07) is 31.6. The summed E-state index contributed by atoms with van der Waals surface area (Å²) in [4.78, 5) is 14.8. The second-order valence-corrected chi connectivity index (χ2v) is 11.4. The van der Waals surface area contributed by atoms with Crippen molar-refractivity contribution in [2.24, 2.45) is 0 Å². The van der Waals surface area contributed by atoms with E-state index in [1.165, 1.54) is 4.31 Å². The van der Waals surface area contributed by atoms with Gasteiger partial charge in [-0.1, -0.05) is 48.5 Å². The van der Waals surface area contributed by atoms with Gasteiger partial charge in [0.2, 0.25) is 10.0 Å². The average Bonchev–Trinajstić information content (AvgIpc) is 3.29. The summed E-state index contributed by atoms with van der Waals surface area (Å²) < 4.78 is 33.8. The lowest BCUT2D eigenvalue weighted by molar-refractivity contribution is -0.110. The topological polar surface area (TPSA) is 79.0 Å². The first-order chi connectivity index (χ1) is 19.0. The average molecular weight is 538 g/mol. The third-order valence-corrected chi connectivity index (χ3v) is 8.87. The van der Waals surface area contributed by atoms with Crippen LogP contribution < -0.4 is 15.0 Å². The molecule has 7 nitrogen and oxygen atoms in total. The Morgan fingerprint density at radius 2 is 1.36 bits per heavy atom. The molecule has 4 aromatic rings. The molecule has 0 aliphatic carbocycles. The summed E-state index contributed by atoms with van der Waals surface area (Å²) in [5.74, 6) is 1.18. The molecule has 2 heterocycles. The molecule has 4 aromatic carbocycles. The van der Waals surface area contributed by atoms with E-state index in [9.17, 15) is 13.2 Å². The van der Waals surface area contributed by atoms with Crippen molar-refractivity contribution in [3.05, 3.63) is 114 Å². The van der Waals surface area contributed by atoms with Crippen LogP contribution in [0, 0.1) is 0 Å². The molecule has 0 bridgehead atoms. The number of hydrogen-bond acceptors (Lipinski definition) is 5. The van der Waals surface area contributed by atoms with Gasteiger partial charge in [0.1, 0.15) is 11.5 Å². The lowest BCUT2D eigenvalue weighted by atomic mass is 10.0. The number of anilines is 2. The molecule has 0 spiro atoms. The number of ether oxygens (including phenoxy) is 1. The predicted molar refractivity (Wildman–Crippen MR) is 153 cm³/mol. The second kappa shape index (κ2) is 10.4. The zero-order valence-electron chi connectivity index (χ0n) is 21.2. The van der Waals surface area contributed by atoms with E-state index in [2.05, 4.69) is 10.2 Å². The van der Waals surface area contributed by atoms with Crippen molar-refractivity contribution in [3.63, 3.8) is 0 Å². The Labute approximate surface area is 228 Å². The summed E-state index contributed by atoms with van der Waals surface area (Å²) in [7, 11) is -3.60. The fourth-order valence-corrected chi connectivity index (χ4v) is 6.29. The van der Waals surface area contributed by atoms with Crippen molar-refractivity contribution in [2.75, 3.05) is 36.4 Å². The minimum absolute atomic E-state index is 0.101. The van der Waals surface area contributed by atoms with E-state index in [4.69, 9.17) is 4.74 Å². The lowest BCUT2D eigenvalue weighted by Crippen LogP contribution is -2.48. The maximum atomic E-state index is 13.3. The summed E-state index contributed by atoms with van der Waals surface area (Å²) >= 11 is 0. The fourth-order valence-electron chi connectivity index (χ4n) is 4.87. The van der Waals surface area contributed by atoms with E-state index in [1.54, 1.807) is 24.3 Å². The van der Waals surface area contributed by atoms with Crippen molar-refractivity contribution in [1.82, 2.24) is 4.31 Å². The second-order valence-electron chi connectivity index (χ2n) is 9.43. The molecule has 1 N–H and O–H groups in total. The Hall–Kier alpha value is -4.40. The number of nitrogens with one attached hydrogen (secondary N) is 1. The monoisotopic (exact) mass is 537 g/mol. The minimum Gasteiger partial charge on any atom is -0.457 e. The van der Waals surface area contributed by atoms with E-state index >= 15 is 0 Å². The molecule has 1 fully saturated rings. The molecular weight excluding hydrogens is 510 g/mol. The highest BCUT2D eigenvalue weighted by Gasteiger charge is 2.29. The molecular formula is C31H27N3O4S. The number of sulfonamides is 1. The lowest BCUT2D eigenvalue weighted by Gasteiger charge is -2.35. The highest BCUT2D eigenvalue weighted by atomic mass is 32.2. The largest absolute Gasteiger partial charge is 0.457 e. The molecule has 1 amide bonds. The van der Waals surface area contributed by atoms with Gasteiger partial charge in [-0.2, -0.15) is 4.31 Å². The first-order valence-corrected chi connectivity index (χ1v) is 14.2. The molecule has 0 aromatic heterocycles. The number of para-hydroxylation sites is 2. The Balaban J connectivity index is 1.09. The summed E-state index contributed by atoms with van der Waals surface area (Å²) in [6.45, 7) is 1.97. The maximum Gasteiger partial charge on any atom is 0.256 e. The van der Waals surface area contributed by atoms with Gasteiger partial charge in [0.15, 0.2) is 0 Å². The first-order valence-electron chi connectivity index (χ1n) is 12.8. The van der Waals surface area contributed by atoms with Gasteiger partial charge in [-0.3, -0.25) is 4.79 Å². The summed E-state index contributed by atoms with van der Waals surface area (Å²) in [5, 5.41) is 2.90. The number of amides is 1. The Kier molecular flexibility index (Phi) is 6.64. The minimum atomic E-state index is -3.60. The first kappa shape index (κ1) is 24.9. The third-order valence-electron chi connectivity index (χ3n) is 6.96. The smallest absolute Gasteiger partial charge is 0.256 e. The molecule has 8 heteroatoms. The standard InChI is InChI=1S/C31H27N3O4S/c35-31-29(28-8-4-5-9-30(28)32-31)22-23-10-12-24(13-11-23)33-18-20-34(21-19-33)39(36,37)27-16-14-26(15-17-27)38-25-6-2-1-3-7-25/h1-17,22H,18-21H2,(H,32,35)/b29-22-. The van der Waals surface area contributed by atoms with Crippen molar-refractivity contribution >= 4 is 39.0 Å². The molecule has 39 heavy (non-hydrogen) atoms. The SMILES string of the molecule is O=C1Nc2ccccc2/C1=C/c1ccc(N2CCN(S(=O)(=O)c3ccc(Oc4ccccc4)cc3)CC2)cc1. The van der Waals surface area contributed by atoms with E-state index in [0.717, 1.165) is 22.5 Å². The van der Waals surface area contributed by atoms with Crippen molar-refractivity contribution in [2.45, 2.75) is 4.90 Å². The van der Waals surface area contributed by atoms with Crippen molar-refractivity contribution in [1.29, 1.82) is 0 Å². The van der Waals surface area contributed by atoms with Crippen LogP contribution in [0.25, 0.3) is 11.6 Å². The Bertz CT molecular complexity index is 1630. The molecule has 0 atom stereocenters. The number of fused-ring (bicyclic) bond motifs is 1. The molecule has 196 valence electrons. The van der Waals surface area contributed by atoms with E-state index in [0.29, 0.717) is 43.3 Å². The number of benzene rings is 4. The van der Waals surface area contributed by atoms with Crippen molar-refractivity contribution in [3.8, 4) is 11.5 Å². The molecule has 6 rings (SSSR count). The molecule has 1 saturated heterocycles. The number of hydrogen-bond donors (Lipinski definition) is 1. The van der Waals surface area contributed by atoms with Crippen LogP contribution in [0.1, 0.15) is 11.1 Å². The van der Waals surface area contributed by atoms with Crippen LogP contribution >= 0.6 is 0 Å². The van der Waals surface area contributed by atoms with Gasteiger partial charge < -0.3 is 15.0 Å². The number of rotatable bonds is 6. The fraction of sp³-hybridized carbons (Fsp3) is 0.129. The van der Waals surface area contributed by atoms with E-state index in [1.807, 2.05) is 84.9 Å². The van der Waals surface area contributed by atoms with Crippen LogP contribution in [-0.2, 0) is 14.8 Å². The van der Waals surface area contributed by atoms with Gasteiger partial charge in [-0.15, -0.1) is 0 Å². The highest BCUT2D eigenvalue weighted by Crippen LogP contribution is 2.33. The van der Waals surface area contributed by atoms with Crippen LogP contribution in [0.3, 0.4) is 0 Å². The van der Waals surface area contributed by atoms with Crippen LogP contribution in [0.4, 0.5) is 11.4 Å². The van der Waals surface area contributed by atoms with Crippen molar-refractivity contribution < 1.29 is 17.9 Å². The normalized spacial score (nSPS) is 16.7. The number of carbonyl (C=O) groups is 1. The van der Waals surface area contributed by atoms with Crippen LogP contribution in [-0.4, -0.2) is 44.8 Å². The Morgan fingerprint density at radius 3 is 2.08 bits per heavy atom. The molecule has 0 radical (unpaired) electrons. The Morgan fingerprint density at radius 1 is 0.718 bits per heavy atom. The van der Waals surface area contributed by atoms with E-state index < -0.39 is 10.0 Å². The summed E-state index contributed by atoms with van der Waals surface area (Å²) in [6.07, 6.45) is 1.89. The van der Waals surface area contributed by atoms with Gasteiger partial charge in [0, 0.05) is 48.7 Å². The molecule has 0 saturated carbocycles. The number of piperazine rings is 1. The van der Waals surface area contributed by atoms with Gasteiger partial charge in [0.25, 0.3) is 5.91 Å². The van der Waals surface area contributed by atoms with E-state index in [-0.39, 0.29) is 10.8 Å². The number of nitrogens with zero attached hydrogens (tertiary/aromatic N) is 2. The zero-order valence-corrected chi connectivity index (χ0v) is 22.0. The van der Waals surface area contributed by atoms with Gasteiger partial charge in [-0.25, -0.2) is 8.42 Å². The van der Waals surface area contributed by atoms with Gasteiger partial charge >= 0.3 is 0 Å². The molecule has 2 aliphatic heterocycles.